The molecule has 2 rings (SSSR count). The van der Waals surface area contributed by atoms with Gasteiger partial charge in [0, 0.05) is 7.05 Å². The van der Waals surface area contributed by atoms with Gasteiger partial charge in [-0.1, -0.05) is 78.6 Å². The third-order valence-corrected chi connectivity index (χ3v) is 10.5. The average Bonchev–Trinajstić information content (AvgIpc) is 3.41. The van der Waals surface area contributed by atoms with E-state index in [1.807, 2.05) is 20.8 Å². The van der Waals surface area contributed by atoms with Gasteiger partial charge in [-0.15, -0.1) is 0 Å². The highest BCUT2D eigenvalue weighted by Gasteiger charge is 2.38. The summed E-state index contributed by atoms with van der Waals surface area (Å²) >= 11 is 0. The lowest BCUT2D eigenvalue weighted by Gasteiger charge is -2.38. The van der Waals surface area contributed by atoms with Crippen molar-refractivity contribution >= 4 is 29.5 Å². The van der Waals surface area contributed by atoms with E-state index in [4.69, 9.17) is 20.9 Å². The van der Waals surface area contributed by atoms with Gasteiger partial charge >= 0.3 is 0 Å². The fourth-order valence-corrected chi connectivity index (χ4v) is 7.37. The maximum absolute atomic E-state index is 14.2. The largest absolute Gasteiger partial charge is 0.375 e. The molecule has 14 nitrogen and oxygen atoms in total. The molecule has 1 heterocycles. The molecule has 300 valence electrons. The molecule has 0 aromatic rings. The molecule has 0 aromatic carbocycles. The summed E-state index contributed by atoms with van der Waals surface area (Å²) in [5.74, 6) is -2.67. The Kier molecular flexibility index (Phi) is 22.0. The first kappa shape index (κ1) is 45.3. The summed E-state index contributed by atoms with van der Waals surface area (Å²) in [6.45, 7) is 7.74. The smallest absolute Gasteiger partial charge is 0.245 e. The lowest BCUT2D eigenvalue weighted by atomic mass is 9.88. The number of amides is 5. The van der Waals surface area contributed by atoms with Crippen LogP contribution >= 0.6 is 0 Å². The van der Waals surface area contributed by atoms with E-state index in [2.05, 4.69) is 28.2 Å². The molecule has 8 N–H and O–H groups in total. The van der Waals surface area contributed by atoms with Gasteiger partial charge in [-0.25, -0.2) is 0 Å². The van der Waals surface area contributed by atoms with Crippen LogP contribution in [0.3, 0.4) is 0 Å². The molecule has 0 radical (unpaired) electrons. The van der Waals surface area contributed by atoms with E-state index in [0.29, 0.717) is 45.2 Å². The van der Waals surface area contributed by atoms with Crippen LogP contribution in [0.1, 0.15) is 124 Å². The van der Waals surface area contributed by atoms with Gasteiger partial charge in [-0.2, -0.15) is 0 Å². The monoisotopic (exact) mass is 738 g/mol. The number of carbonyl (C=O) groups excluding carboxylic acids is 5. The Morgan fingerprint density at radius 1 is 0.808 bits per heavy atom. The zero-order chi connectivity index (χ0) is 38.5. The Hall–Kier alpha value is -2.81. The maximum atomic E-state index is 14.2. The SMILES string of the molecule is CCCCCCC1OC(C2CCCCCC2)C(C)NC(=O)C(COC(CCN)CCN)NC(=O)CNC(=O)CNC(=O)C(CCC)N(C)C(=O)C1C. The standard InChI is InChI=1S/C38H71N7O7/c1-6-8-9-14-18-32-26(3)38(50)45(5)31(15-7-2)37(49)42-23-33(46)41-24-34(47)44-30(25-51-29(19-21-39)20-22-40)36(48)43-27(4)35(52-32)28-16-12-10-11-13-17-28/h26-32,35H,6-25,39-40H2,1-5H3,(H,41,46)(H,42,49)(H,43,48)(H,44,47). The molecule has 6 unspecified atom stereocenters. The van der Waals surface area contributed by atoms with E-state index in [1.54, 1.807) is 7.05 Å². The van der Waals surface area contributed by atoms with Crippen molar-refractivity contribution in [3.8, 4) is 0 Å². The second-order valence-electron chi connectivity index (χ2n) is 14.8. The minimum atomic E-state index is -1.07. The lowest BCUT2D eigenvalue weighted by Crippen LogP contribution is -2.56. The van der Waals surface area contributed by atoms with Crippen LogP contribution in [0, 0.1) is 11.8 Å². The molecule has 1 saturated heterocycles. The zero-order valence-corrected chi connectivity index (χ0v) is 32.7. The van der Waals surface area contributed by atoms with Crippen LogP contribution in [-0.2, 0) is 33.4 Å². The molecule has 0 aromatic heterocycles. The first-order valence-electron chi connectivity index (χ1n) is 20.0. The van der Waals surface area contributed by atoms with Crippen molar-refractivity contribution in [3.05, 3.63) is 0 Å². The molecule has 14 heteroatoms. The highest BCUT2D eigenvalue weighted by atomic mass is 16.5. The molecule has 1 saturated carbocycles. The van der Waals surface area contributed by atoms with Crippen molar-refractivity contribution in [1.29, 1.82) is 0 Å². The van der Waals surface area contributed by atoms with Crippen molar-refractivity contribution < 1.29 is 33.4 Å². The second-order valence-corrected chi connectivity index (χ2v) is 14.8. The minimum absolute atomic E-state index is 0.120. The molecule has 1 aliphatic heterocycles. The summed E-state index contributed by atoms with van der Waals surface area (Å²) in [4.78, 5) is 68.9. The second kappa shape index (κ2) is 25.3. The van der Waals surface area contributed by atoms with Gasteiger partial charge in [0.15, 0.2) is 0 Å². The van der Waals surface area contributed by atoms with Crippen LogP contribution < -0.4 is 32.7 Å². The van der Waals surface area contributed by atoms with Crippen LogP contribution in [0.25, 0.3) is 0 Å². The molecule has 1 aliphatic carbocycles. The number of rotatable bonds is 15. The Bertz CT molecular complexity index is 1080. The van der Waals surface area contributed by atoms with Crippen LogP contribution in [0.15, 0.2) is 0 Å². The normalized spacial score (nSPS) is 27.2. The van der Waals surface area contributed by atoms with Gasteiger partial charge in [-0.05, 0) is 64.5 Å². The Morgan fingerprint density at radius 3 is 2.08 bits per heavy atom. The number of nitrogens with zero attached hydrogens (tertiary/aromatic N) is 1. The third kappa shape index (κ3) is 15.7. The highest BCUT2D eigenvalue weighted by Crippen LogP contribution is 2.32. The highest BCUT2D eigenvalue weighted by molar-refractivity contribution is 5.93. The van der Waals surface area contributed by atoms with Gasteiger partial charge in [0.1, 0.15) is 12.1 Å². The van der Waals surface area contributed by atoms with Crippen LogP contribution in [0.2, 0.25) is 0 Å². The van der Waals surface area contributed by atoms with E-state index in [9.17, 15) is 24.0 Å². The minimum Gasteiger partial charge on any atom is -0.375 e. The molecule has 6 atom stereocenters. The number of hydrogen-bond acceptors (Lipinski definition) is 9. The fraction of sp³-hybridized carbons (Fsp3) is 0.868. The van der Waals surface area contributed by atoms with Gasteiger partial charge in [0.2, 0.25) is 29.5 Å². The molecule has 0 spiro atoms. The molecule has 2 aliphatic rings. The molecule has 0 bridgehead atoms. The number of hydrogen-bond donors (Lipinski definition) is 6. The summed E-state index contributed by atoms with van der Waals surface area (Å²) in [5.41, 5.74) is 11.6. The van der Waals surface area contributed by atoms with Gasteiger partial charge in [-0.3, -0.25) is 24.0 Å². The summed E-state index contributed by atoms with van der Waals surface area (Å²) in [7, 11) is 1.64. The van der Waals surface area contributed by atoms with Gasteiger partial charge < -0.3 is 47.1 Å². The van der Waals surface area contributed by atoms with Crippen molar-refractivity contribution in [3.63, 3.8) is 0 Å². The quantitative estimate of drug-likeness (QED) is 0.108. The third-order valence-electron chi connectivity index (χ3n) is 10.5. The number of nitrogens with two attached hydrogens (primary N) is 2. The number of likely N-dealkylation sites (N-methyl/N-ethyl adjacent to an activating group) is 1. The van der Waals surface area contributed by atoms with Gasteiger partial charge in [0.25, 0.3) is 0 Å². The van der Waals surface area contributed by atoms with Crippen LogP contribution in [0.4, 0.5) is 0 Å². The van der Waals surface area contributed by atoms with Crippen LogP contribution in [-0.4, -0.2) is 111 Å². The summed E-state index contributed by atoms with van der Waals surface area (Å²) < 4.78 is 13.1. The first-order valence-corrected chi connectivity index (χ1v) is 20.0. The van der Waals surface area contributed by atoms with Crippen molar-refractivity contribution in [1.82, 2.24) is 26.2 Å². The molecular formula is C38H71N7O7. The maximum Gasteiger partial charge on any atom is 0.245 e. The Morgan fingerprint density at radius 2 is 1.46 bits per heavy atom. The topological polar surface area (TPSA) is 207 Å². The predicted molar refractivity (Wildman–Crippen MR) is 202 cm³/mol. The molecule has 5 amide bonds. The summed E-state index contributed by atoms with van der Waals surface area (Å²) in [5, 5.41) is 11.0. The van der Waals surface area contributed by atoms with E-state index >= 15 is 0 Å². The van der Waals surface area contributed by atoms with E-state index in [0.717, 1.165) is 64.2 Å². The zero-order valence-electron chi connectivity index (χ0n) is 32.7. The average molecular weight is 738 g/mol. The summed E-state index contributed by atoms with van der Waals surface area (Å²) in [6.07, 6.45) is 12.0. The van der Waals surface area contributed by atoms with E-state index in [-0.39, 0.29) is 31.1 Å². The van der Waals surface area contributed by atoms with E-state index in [1.165, 1.54) is 4.90 Å². The molecule has 52 heavy (non-hydrogen) atoms. The number of nitrogens with one attached hydrogen (secondary N) is 4. The van der Waals surface area contributed by atoms with Crippen molar-refractivity contribution in [2.75, 3.05) is 39.8 Å². The van der Waals surface area contributed by atoms with Crippen molar-refractivity contribution in [2.45, 2.75) is 160 Å². The summed E-state index contributed by atoms with van der Waals surface area (Å²) in [6, 6.07) is -2.31. The predicted octanol–water partition coefficient (Wildman–Crippen LogP) is 2.26. The fourth-order valence-electron chi connectivity index (χ4n) is 7.37. The molecular weight excluding hydrogens is 666 g/mol. The molecule has 2 fully saturated rings. The first-order chi connectivity index (χ1) is 25.0. The van der Waals surface area contributed by atoms with E-state index < -0.39 is 66.4 Å². The number of carbonyl (C=O) groups is 5. The Balaban J connectivity index is 2.55. The Labute approximate surface area is 312 Å². The number of ether oxygens (including phenoxy) is 2. The van der Waals surface area contributed by atoms with Gasteiger partial charge in [0.05, 0.1) is 50.0 Å². The van der Waals surface area contributed by atoms with Crippen molar-refractivity contribution in [2.24, 2.45) is 23.3 Å². The van der Waals surface area contributed by atoms with Crippen LogP contribution in [0.5, 0.6) is 0 Å². The number of unbranched alkanes of at least 4 members (excludes halogenated alkanes) is 3. The lowest BCUT2D eigenvalue weighted by molar-refractivity contribution is -0.151.